The summed E-state index contributed by atoms with van der Waals surface area (Å²) in [4.78, 5) is 29.6. The lowest BCUT2D eigenvalue weighted by atomic mass is 10.2. The average Bonchev–Trinajstić information content (AvgIpc) is 2.93. The van der Waals surface area contributed by atoms with Gasteiger partial charge in [-0.15, -0.1) is 11.3 Å². The lowest BCUT2D eigenvalue weighted by molar-refractivity contribution is 0.628. The summed E-state index contributed by atoms with van der Waals surface area (Å²) in [5.74, 6) is -0.304. The normalized spacial score (nSPS) is 11.0. The molecule has 6 nitrogen and oxygen atoms in total. The highest BCUT2D eigenvalue weighted by molar-refractivity contribution is 7.15. The molecule has 2 aromatic heterocycles. The van der Waals surface area contributed by atoms with Crippen molar-refractivity contribution in [2.75, 3.05) is 5.73 Å². The topological polar surface area (TPSA) is 82.9 Å². The van der Waals surface area contributed by atoms with Crippen LogP contribution in [0.2, 0.25) is 0 Å². The van der Waals surface area contributed by atoms with Crippen molar-refractivity contribution in [1.82, 2.24) is 14.1 Å². The van der Waals surface area contributed by atoms with Crippen LogP contribution in [0.25, 0.3) is 21.8 Å². The van der Waals surface area contributed by atoms with Gasteiger partial charge in [0.05, 0.1) is 5.69 Å². The van der Waals surface area contributed by atoms with E-state index in [-0.39, 0.29) is 17.2 Å². The number of nitrogens with zero attached hydrogens (tertiary/aromatic N) is 3. The zero-order valence-electron chi connectivity index (χ0n) is 13.3. The first-order chi connectivity index (χ1) is 11.3. The van der Waals surface area contributed by atoms with Crippen molar-refractivity contribution < 1.29 is 4.39 Å². The number of aromatic nitrogens is 3. The summed E-state index contributed by atoms with van der Waals surface area (Å²) in [6, 6.07) is 6.07. The summed E-state index contributed by atoms with van der Waals surface area (Å²) < 4.78 is 15.6. The molecule has 0 aliphatic rings. The lowest BCUT2D eigenvalue weighted by Crippen LogP contribution is -2.39. The van der Waals surface area contributed by atoms with Crippen LogP contribution in [0.1, 0.15) is 4.88 Å². The number of thiazole rings is 1. The number of nitrogen functional groups attached to an aromatic ring is 1. The minimum absolute atomic E-state index is 0.0577. The second-order valence-corrected chi connectivity index (χ2v) is 6.60. The van der Waals surface area contributed by atoms with Crippen molar-refractivity contribution in [3.63, 3.8) is 0 Å². The summed E-state index contributed by atoms with van der Waals surface area (Å²) in [6.45, 7) is 1.81. The first kappa shape index (κ1) is 16.1. The Labute approximate surface area is 140 Å². The Hall–Kier alpha value is -2.74. The molecular formula is C16H15FN4O2S. The Morgan fingerprint density at radius 2 is 1.92 bits per heavy atom. The minimum Gasteiger partial charge on any atom is -0.384 e. The molecule has 0 spiro atoms. The van der Waals surface area contributed by atoms with Crippen LogP contribution in [-0.4, -0.2) is 14.1 Å². The van der Waals surface area contributed by atoms with E-state index in [0.29, 0.717) is 16.3 Å². The summed E-state index contributed by atoms with van der Waals surface area (Å²) in [5.41, 5.74) is 6.18. The highest BCUT2D eigenvalue weighted by Crippen LogP contribution is 2.33. The van der Waals surface area contributed by atoms with Crippen LogP contribution in [-0.2, 0) is 14.1 Å². The molecule has 124 valence electrons. The number of hydrogen-bond donors (Lipinski definition) is 1. The molecule has 0 saturated carbocycles. The summed E-state index contributed by atoms with van der Waals surface area (Å²) in [6.07, 6.45) is 0. The van der Waals surface area contributed by atoms with E-state index in [4.69, 9.17) is 5.73 Å². The molecule has 24 heavy (non-hydrogen) atoms. The molecule has 0 aliphatic heterocycles. The first-order valence-electron chi connectivity index (χ1n) is 7.10. The van der Waals surface area contributed by atoms with Crippen molar-refractivity contribution in [2.45, 2.75) is 6.92 Å². The van der Waals surface area contributed by atoms with Gasteiger partial charge in [0.2, 0.25) is 0 Å². The van der Waals surface area contributed by atoms with Crippen LogP contribution in [0, 0.1) is 12.7 Å². The zero-order chi connectivity index (χ0) is 17.6. The number of halogens is 1. The highest BCUT2D eigenvalue weighted by Gasteiger charge is 2.20. The number of hydrogen-bond acceptors (Lipinski definition) is 5. The summed E-state index contributed by atoms with van der Waals surface area (Å²) in [5, 5.41) is 0.581. The molecule has 8 heteroatoms. The van der Waals surface area contributed by atoms with E-state index in [1.54, 1.807) is 19.1 Å². The fourth-order valence-electron chi connectivity index (χ4n) is 2.46. The molecule has 2 N–H and O–H groups in total. The second-order valence-electron chi connectivity index (χ2n) is 5.40. The predicted octanol–water partition coefficient (Wildman–Crippen LogP) is 1.90. The van der Waals surface area contributed by atoms with Crippen LogP contribution in [0.3, 0.4) is 0 Å². The molecule has 0 fully saturated rings. The van der Waals surface area contributed by atoms with Gasteiger partial charge in [0.1, 0.15) is 22.2 Å². The smallest absolute Gasteiger partial charge is 0.332 e. The van der Waals surface area contributed by atoms with E-state index in [1.807, 2.05) is 0 Å². The lowest BCUT2D eigenvalue weighted by Gasteiger charge is -2.10. The Bertz CT molecular complexity index is 1060. The number of benzene rings is 1. The van der Waals surface area contributed by atoms with Gasteiger partial charge in [-0.25, -0.2) is 14.2 Å². The van der Waals surface area contributed by atoms with Gasteiger partial charge in [-0.3, -0.25) is 13.9 Å². The van der Waals surface area contributed by atoms with E-state index < -0.39 is 11.2 Å². The molecule has 0 atom stereocenters. The molecule has 1 aromatic carbocycles. The van der Waals surface area contributed by atoms with Gasteiger partial charge in [-0.2, -0.15) is 0 Å². The maximum absolute atomic E-state index is 13.4. The number of nitrogens with two attached hydrogens (primary N) is 1. The molecule has 3 rings (SSSR count). The predicted molar refractivity (Wildman–Crippen MR) is 92.6 cm³/mol. The van der Waals surface area contributed by atoms with Crippen LogP contribution in [0.15, 0.2) is 33.9 Å². The molecule has 0 unspecified atom stereocenters. The van der Waals surface area contributed by atoms with E-state index in [1.165, 1.54) is 42.1 Å². The van der Waals surface area contributed by atoms with Gasteiger partial charge < -0.3 is 5.73 Å². The number of rotatable bonds is 2. The molecule has 3 aromatic rings. The third-order valence-corrected chi connectivity index (χ3v) is 4.83. The summed E-state index contributed by atoms with van der Waals surface area (Å²) >= 11 is 1.34. The fraction of sp³-hybridized carbons (Fsp3) is 0.188. The third-order valence-electron chi connectivity index (χ3n) is 3.81. The fourth-order valence-corrected chi connectivity index (χ4v) is 3.37. The standard InChI is InChI=1S/C16H15FN4O2S/c1-8-12(11-13(18)20(2)16(23)21(3)15(11)22)19-14(24-8)9-5-4-6-10(17)7-9/h4-7H,18H2,1-3H3. The second kappa shape index (κ2) is 5.72. The molecule has 0 aliphatic carbocycles. The Kier molecular flexibility index (Phi) is 3.84. The van der Waals surface area contributed by atoms with Gasteiger partial charge in [0.15, 0.2) is 0 Å². The SMILES string of the molecule is Cc1sc(-c2cccc(F)c2)nc1-c1c(N)n(C)c(=O)n(C)c1=O. The van der Waals surface area contributed by atoms with Crippen molar-refractivity contribution in [1.29, 1.82) is 0 Å². The average molecular weight is 346 g/mol. The van der Waals surface area contributed by atoms with Crippen molar-refractivity contribution in [3.8, 4) is 21.8 Å². The van der Waals surface area contributed by atoms with E-state index in [2.05, 4.69) is 4.98 Å². The molecule has 0 bridgehead atoms. The van der Waals surface area contributed by atoms with Gasteiger partial charge >= 0.3 is 5.69 Å². The van der Waals surface area contributed by atoms with Gasteiger partial charge in [-0.1, -0.05) is 12.1 Å². The molecular weight excluding hydrogens is 331 g/mol. The number of aryl methyl sites for hydroxylation is 1. The first-order valence-corrected chi connectivity index (χ1v) is 7.92. The van der Waals surface area contributed by atoms with Crippen LogP contribution in [0.5, 0.6) is 0 Å². The Morgan fingerprint density at radius 3 is 2.58 bits per heavy atom. The van der Waals surface area contributed by atoms with Gasteiger partial charge in [0.25, 0.3) is 5.56 Å². The van der Waals surface area contributed by atoms with Crippen molar-refractivity contribution >= 4 is 17.2 Å². The maximum atomic E-state index is 13.4. The van der Waals surface area contributed by atoms with E-state index in [0.717, 1.165) is 9.44 Å². The van der Waals surface area contributed by atoms with E-state index in [9.17, 15) is 14.0 Å². The van der Waals surface area contributed by atoms with Crippen LogP contribution in [0.4, 0.5) is 10.2 Å². The third kappa shape index (κ3) is 2.44. The van der Waals surface area contributed by atoms with Gasteiger partial charge in [0, 0.05) is 24.5 Å². The molecule has 0 saturated heterocycles. The molecule has 0 amide bonds. The monoisotopic (exact) mass is 346 g/mol. The number of anilines is 1. The molecule has 0 radical (unpaired) electrons. The van der Waals surface area contributed by atoms with Crippen LogP contribution < -0.4 is 17.0 Å². The highest BCUT2D eigenvalue weighted by atomic mass is 32.1. The maximum Gasteiger partial charge on any atom is 0.332 e. The molecule has 2 heterocycles. The zero-order valence-corrected chi connectivity index (χ0v) is 14.1. The van der Waals surface area contributed by atoms with Crippen molar-refractivity contribution in [2.24, 2.45) is 14.1 Å². The quantitative estimate of drug-likeness (QED) is 0.768. The Balaban J connectivity index is 2.27. The summed E-state index contributed by atoms with van der Waals surface area (Å²) in [7, 11) is 2.89. The van der Waals surface area contributed by atoms with Crippen molar-refractivity contribution in [3.05, 3.63) is 55.8 Å². The van der Waals surface area contributed by atoms with Crippen LogP contribution >= 0.6 is 11.3 Å². The van der Waals surface area contributed by atoms with Gasteiger partial charge in [-0.05, 0) is 19.1 Å². The van der Waals surface area contributed by atoms with E-state index >= 15 is 0 Å². The largest absolute Gasteiger partial charge is 0.384 e. The minimum atomic E-state index is -0.505. The Morgan fingerprint density at radius 1 is 1.21 bits per heavy atom.